The molecule has 0 bridgehead atoms. The van der Waals surface area contributed by atoms with E-state index in [-0.39, 0.29) is 35.8 Å². The molecule has 1 atom stereocenters. The van der Waals surface area contributed by atoms with E-state index in [1.54, 1.807) is 13.2 Å². The van der Waals surface area contributed by atoms with Crippen molar-refractivity contribution >= 4 is 41.5 Å². The number of carbonyl (C=O) groups is 1. The van der Waals surface area contributed by atoms with E-state index in [1.807, 2.05) is 35.1 Å². The lowest BCUT2D eigenvalue weighted by Gasteiger charge is -2.26. The van der Waals surface area contributed by atoms with Gasteiger partial charge in [0, 0.05) is 50.6 Å². The maximum atomic E-state index is 12.0. The highest BCUT2D eigenvalue weighted by molar-refractivity contribution is 14.0. The van der Waals surface area contributed by atoms with Crippen molar-refractivity contribution in [3.63, 3.8) is 0 Å². The summed E-state index contributed by atoms with van der Waals surface area (Å²) in [5.74, 6) is 0.928. The molecule has 1 aromatic heterocycles. The largest absolute Gasteiger partial charge is 0.356 e. The standard InChI is InChI=1S/C23H26N6O.HI/c1-24-23(26-16-18-15-22(30)28-21-6-3-2-5-20(18)21)25-13-11-17-7-9-19(10-8-17)29-14-4-12-27-29;/h2-10,12,14,18H,11,13,15-16H2,1H3,(H,28,30)(H2,24,25,26);1H. The second kappa shape index (κ2) is 10.9. The molecule has 8 heteroatoms. The van der Waals surface area contributed by atoms with Gasteiger partial charge in [0.2, 0.25) is 5.91 Å². The number of amides is 1. The summed E-state index contributed by atoms with van der Waals surface area (Å²) in [6.45, 7) is 1.42. The van der Waals surface area contributed by atoms with Crippen LogP contribution in [0, 0.1) is 0 Å². The van der Waals surface area contributed by atoms with Crippen molar-refractivity contribution in [2.24, 2.45) is 4.99 Å². The van der Waals surface area contributed by atoms with Crippen molar-refractivity contribution in [2.45, 2.75) is 18.8 Å². The van der Waals surface area contributed by atoms with Crippen LogP contribution in [-0.4, -0.2) is 41.8 Å². The van der Waals surface area contributed by atoms with Crippen molar-refractivity contribution in [2.75, 3.05) is 25.5 Å². The number of guanidine groups is 1. The van der Waals surface area contributed by atoms with E-state index < -0.39 is 0 Å². The monoisotopic (exact) mass is 530 g/mol. The number of nitrogens with one attached hydrogen (secondary N) is 3. The second-order valence-electron chi connectivity index (χ2n) is 7.28. The molecule has 7 nitrogen and oxygen atoms in total. The zero-order chi connectivity index (χ0) is 20.8. The van der Waals surface area contributed by atoms with Crippen LogP contribution >= 0.6 is 24.0 Å². The molecule has 1 unspecified atom stereocenters. The molecule has 1 amide bonds. The van der Waals surface area contributed by atoms with Gasteiger partial charge in [0.15, 0.2) is 5.96 Å². The molecule has 162 valence electrons. The predicted molar refractivity (Wildman–Crippen MR) is 134 cm³/mol. The van der Waals surface area contributed by atoms with E-state index in [4.69, 9.17) is 0 Å². The van der Waals surface area contributed by atoms with Gasteiger partial charge >= 0.3 is 0 Å². The second-order valence-corrected chi connectivity index (χ2v) is 7.28. The molecule has 2 heterocycles. The van der Waals surface area contributed by atoms with Crippen LogP contribution in [0.25, 0.3) is 5.69 Å². The Kier molecular flexibility index (Phi) is 8.05. The summed E-state index contributed by atoms with van der Waals surface area (Å²) in [5.41, 5.74) is 4.36. The molecule has 0 radical (unpaired) electrons. The third kappa shape index (κ3) is 5.84. The van der Waals surface area contributed by atoms with Crippen LogP contribution in [0.4, 0.5) is 5.69 Å². The number of carbonyl (C=O) groups excluding carboxylic acids is 1. The average Bonchev–Trinajstić information content (AvgIpc) is 3.31. The Morgan fingerprint density at radius 2 is 1.97 bits per heavy atom. The van der Waals surface area contributed by atoms with Gasteiger partial charge in [-0.15, -0.1) is 24.0 Å². The molecule has 0 aliphatic carbocycles. The molecule has 3 N–H and O–H groups in total. The van der Waals surface area contributed by atoms with Gasteiger partial charge in [-0.1, -0.05) is 30.3 Å². The van der Waals surface area contributed by atoms with Crippen molar-refractivity contribution in [3.8, 4) is 5.69 Å². The molecule has 0 spiro atoms. The highest BCUT2D eigenvalue weighted by Gasteiger charge is 2.24. The molecule has 0 fully saturated rings. The van der Waals surface area contributed by atoms with Gasteiger partial charge in [-0.3, -0.25) is 9.79 Å². The fourth-order valence-corrected chi connectivity index (χ4v) is 3.69. The number of anilines is 1. The molecular weight excluding hydrogens is 503 g/mol. The number of rotatable bonds is 6. The van der Waals surface area contributed by atoms with Crippen molar-refractivity contribution in [1.82, 2.24) is 20.4 Å². The fourth-order valence-electron chi connectivity index (χ4n) is 3.69. The third-order valence-corrected chi connectivity index (χ3v) is 5.26. The number of aromatic nitrogens is 2. The van der Waals surface area contributed by atoms with Crippen LogP contribution in [0.1, 0.15) is 23.5 Å². The minimum absolute atomic E-state index is 0. The molecular formula is C23H27IN6O. The van der Waals surface area contributed by atoms with E-state index in [2.05, 4.69) is 56.4 Å². The maximum absolute atomic E-state index is 12.0. The Hall–Kier alpha value is -2.88. The molecule has 4 rings (SSSR count). The molecule has 31 heavy (non-hydrogen) atoms. The highest BCUT2D eigenvalue weighted by atomic mass is 127. The zero-order valence-electron chi connectivity index (χ0n) is 17.4. The normalized spacial score (nSPS) is 15.5. The Morgan fingerprint density at radius 1 is 1.16 bits per heavy atom. The minimum Gasteiger partial charge on any atom is -0.356 e. The van der Waals surface area contributed by atoms with Crippen molar-refractivity contribution in [1.29, 1.82) is 0 Å². The Balaban J connectivity index is 0.00000272. The predicted octanol–water partition coefficient (Wildman–Crippen LogP) is 3.32. The van der Waals surface area contributed by atoms with Gasteiger partial charge in [0.25, 0.3) is 0 Å². The van der Waals surface area contributed by atoms with E-state index in [0.29, 0.717) is 13.0 Å². The number of fused-ring (bicyclic) bond motifs is 1. The number of hydrogen-bond donors (Lipinski definition) is 3. The molecule has 1 aliphatic rings. The lowest BCUT2D eigenvalue weighted by molar-refractivity contribution is -0.116. The van der Waals surface area contributed by atoms with Crippen LogP contribution in [0.3, 0.4) is 0 Å². The topological polar surface area (TPSA) is 83.3 Å². The molecule has 0 saturated carbocycles. The highest BCUT2D eigenvalue weighted by Crippen LogP contribution is 2.31. The van der Waals surface area contributed by atoms with Crippen LogP contribution in [0.5, 0.6) is 0 Å². The quantitative estimate of drug-likeness (QED) is 0.260. The van der Waals surface area contributed by atoms with E-state index >= 15 is 0 Å². The smallest absolute Gasteiger partial charge is 0.225 e. The fraction of sp³-hybridized carbons (Fsp3) is 0.261. The zero-order valence-corrected chi connectivity index (χ0v) is 19.7. The van der Waals surface area contributed by atoms with E-state index in [1.165, 1.54) is 5.56 Å². The summed E-state index contributed by atoms with van der Waals surface area (Å²) in [6, 6.07) is 18.3. The SMILES string of the molecule is CN=C(NCCc1ccc(-n2cccn2)cc1)NCC1CC(=O)Nc2ccccc21.I. The lowest BCUT2D eigenvalue weighted by Crippen LogP contribution is -2.41. The summed E-state index contributed by atoms with van der Waals surface area (Å²) in [6.07, 6.45) is 5.06. The van der Waals surface area contributed by atoms with Crippen molar-refractivity contribution in [3.05, 3.63) is 78.1 Å². The number of para-hydroxylation sites is 1. The van der Waals surface area contributed by atoms with Gasteiger partial charge < -0.3 is 16.0 Å². The summed E-state index contributed by atoms with van der Waals surface area (Å²) >= 11 is 0. The number of hydrogen-bond acceptors (Lipinski definition) is 3. The molecule has 3 aromatic rings. The summed E-state index contributed by atoms with van der Waals surface area (Å²) in [4.78, 5) is 16.3. The number of nitrogens with zero attached hydrogens (tertiary/aromatic N) is 3. The van der Waals surface area contributed by atoms with Gasteiger partial charge in [-0.2, -0.15) is 5.10 Å². The lowest BCUT2D eigenvalue weighted by atomic mass is 9.90. The number of benzene rings is 2. The summed E-state index contributed by atoms with van der Waals surface area (Å²) in [7, 11) is 1.76. The first-order valence-electron chi connectivity index (χ1n) is 10.1. The van der Waals surface area contributed by atoms with Crippen LogP contribution in [0.2, 0.25) is 0 Å². The Morgan fingerprint density at radius 3 is 2.71 bits per heavy atom. The molecule has 1 aliphatic heterocycles. The van der Waals surface area contributed by atoms with Gasteiger partial charge in [-0.25, -0.2) is 4.68 Å². The molecule has 0 saturated heterocycles. The first-order valence-corrected chi connectivity index (χ1v) is 10.1. The van der Waals surface area contributed by atoms with Crippen molar-refractivity contribution < 1.29 is 4.79 Å². The van der Waals surface area contributed by atoms with Gasteiger partial charge in [-0.05, 0) is 41.8 Å². The van der Waals surface area contributed by atoms with Gasteiger partial charge in [0.1, 0.15) is 0 Å². The Labute approximate surface area is 199 Å². The number of aliphatic imine (C=N–C) groups is 1. The van der Waals surface area contributed by atoms with Crippen LogP contribution in [0.15, 0.2) is 72.0 Å². The summed E-state index contributed by atoms with van der Waals surface area (Å²) < 4.78 is 1.84. The van der Waals surface area contributed by atoms with Crippen LogP contribution in [-0.2, 0) is 11.2 Å². The Bertz CT molecular complexity index is 1020. The first kappa shape index (κ1) is 22.8. The average molecular weight is 530 g/mol. The van der Waals surface area contributed by atoms with E-state index in [0.717, 1.165) is 35.9 Å². The van der Waals surface area contributed by atoms with E-state index in [9.17, 15) is 4.79 Å². The minimum atomic E-state index is 0. The van der Waals surface area contributed by atoms with Crippen LogP contribution < -0.4 is 16.0 Å². The third-order valence-electron chi connectivity index (χ3n) is 5.26. The maximum Gasteiger partial charge on any atom is 0.225 e. The first-order chi connectivity index (χ1) is 14.7. The number of halogens is 1. The molecule has 2 aromatic carbocycles. The summed E-state index contributed by atoms with van der Waals surface area (Å²) in [5, 5.41) is 13.9. The van der Waals surface area contributed by atoms with Gasteiger partial charge in [0.05, 0.1) is 5.69 Å².